The third kappa shape index (κ3) is 4.06. The average molecular weight is 379 g/mol. The zero-order chi connectivity index (χ0) is 20.3. The maximum absolute atomic E-state index is 12.3. The van der Waals surface area contributed by atoms with Crippen LogP contribution in [0.3, 0.4) is 0 Å². The fourth-order valence-electron chi connectivity index (χ4n) is 2.94. The van der Waals surface area contributed by atoms with Gasteiger partial charge in [-0.25, -0.2) is 4.79 Å². The number of carbonyl (C=O) groups is 2. The Balaban J connectivity index is 1.75. The molecule has 0 spiro atoms. The predicted octanol–water partition coefficient (Wildman–Crippen LogP) is 4.17. The molecule has 0 aliphatic heterocycles. The van der Waals surface area contributed by atoms with Crippen molar-refractivity contribution in [1.29, 1.82) is 0 Å². The summed E-state index contributed by atoms with van der Waals surface area (Å²) in [6, 6.07) is 10.2. The number of methoxy groups -OCH3 is 1. The van der Waals surface area contributed by atoms with Crippen molar-refractivity contribution in [2.24, 2.45) is 0 Å². The number of ether oxygens (including phenoxy) is 1. The van der Waals surface area contributed by atoms with E-state index in [0.29, 0.717) is 12.3 Å². The van der Waals surface area contributed by atoms with E-state index >= 15 is 0 Å². The molecule has 0 saturated heterocycles. The molecule has 3 aromatic rings. The van der Waals surface area contributed by atoms with Crippen molar-refractivity contribution in [1.82, 2.24) is 5.32 Å². The van der Waals surface area contributed by atoms with Crippen LogP contribution in [0.5, 0.6) is 5.75 Å². The van der Waals surface area contributed by atoms with Crippen molar-refractivity contribution in [2.75, 3.05) is 7.11 Å². The molecule has 0 saturated carbocycles. The van der Waals surface area contributed by atoms with Gasteiger partial charge in [0, 0.05) is 29.6 Å². The molecule has 2 aromatic carbocycles. The highest BCUT2D eigenvalue weighted by Crippen LogP contribution is 2.33. The maximum atomic E-state index is 12.3. The first-order valence-electron chi connectivity index (χ1n) is 8.73. The van der Waals surface area contributed by atoms with Gasteiger partial charge in [0.25, 0.3) is 0 Å². The molecule has 1 aromatic heterocycles. The number of aryl methyl sites for hydroxylation is 1. The summed E-state index contributed by atoms with van der Waals surface area (Å²) in [7, 11) is 1.58. The molecule has 0 aliphatic carbocycles. The largest absolute Gasteiger partial charge is 0.496 e. The van der Waals surface area contributed by atoms with E-state index in [1.807, 2.05) is 26.0 Å². The summed E-state index contributed by atoms with van der Waals surface area (Å²) in [6.07, 6.45) is 3.21. The quantitative estimate of drug-likeness (QED) is 0.628. The highest BCUT2D eigenvalue weighted by atomic mass is 16.5. The van der Waals surface area contributed by atoms with E-state index in [4.69, 9.17) is 14.3 Å². The van der Waals surface area contributed by atoms with Crippen LogP contribution in [0.25, 0.3) is 16.5 Å². The Morgan fingerprint density at radius 2 is 1.93 bits per heavy atom. The van der Waals surface area contributed by atoms with Crippen LogP contribution in [0.2, 0.25) is 0 Å². The Kier molecular flexibility index (Phi) is 5.49. The van der Waals surface area contributed by atoms with Crippen LogP contribution in [0.15, 0.2) is 53.2 Å². The molecule has 28 heavy (non-hydrogen) atoms. The number of nitrogens with one attached hydrogen (secondary N) is 1. The Bertz CT molecular complexity index is 1060. The minimum atomic E-state index is -0.979. The van der Waals surface area contributed by atoms with E-state index in [-0.39, 0.29) is 11.5 Å². The zero-order valence-corrected chi connectivity index (χ0v) is 15.9. The molecule has 0 bridgehead atoms. The van der Waals surface area contributed by atoms with Gasteiger partial charge in [-0.3, -0.25) is 4.79 Å². The molecule has 6 heteroatoms. The van der Waals surface area contributed by atoms with Gasteiger partial charge in [-0.15, -0.1) is 0 Å². The summed E-state index contributed by atoms with van der Waals surface area (Å²) in [5, 5.41) is 12.7. The summed E-state index contributed by atoms with van der Waals surface area (Å²) in [5.74, 6) is -0.591. The number of allylic oxidation sites excluding steroid dienone is 1. The van der Waals surface area contributed by atoms with E-state index in [2.05, 4.69) is 5.32 Å². The topological polar surface area (TPSA) is 88.8 Å². The molecule has 144 valence electrons. The number of carboxylic acids is 1. The molecule has 1 heterocycles. The van der Waals surface area contributed by atoms with Gasteiger partial charge in [0.15, 0.2) is 0 Å². The van der Waals surface area contributed by atoms with Gasteiger partial charge < -0.3 is 19.6 Å². The summed E-state index contributed by atoms with van der Waals surface area (Å²) in [6.45, 7) is 4.11. The Morgan fingerprint density at radius 1 is 1.21 bits per heavy atom. The number of fused-ring (bicyclic) bond motifs is 1. The smallest absolute Gasteiger partial charge is 0.335 e. The minimum absolute atomic E-state index is 0.211. The van der Waals surface area contributed by atoms with Crippen molar-refractivity contribution in [2.45, 2.75) is 20.4 Å². The van der Waals surface area contributed by atoms with Gasteiger partial charge in [-0.1, -0.05) is 12.1 Å². The first-order chi connectivity index (χ1) is 13.4. The van der Waals surface area contributed by atoms with Gasteiger partial charge in [0.05, 0.1) is 18.9 Å². The standard InChI is InChI=1S/C22H21NO5/c1-13(17-9-18-14(2)12-28-20(18)10-19(17)27-3)8-21(24)23-11-15-4-6-16(7-5-15)22(25)26/h4-10,12H,11H2,1-3H3,(H,23,24)(H,25,26)/b13-8+. The number of carboxylic acid groups (broad SMARTS) is 1. The van der Waals surface area contributed by atoms with Gasteiger partial charge in [0.1, 0.15) is 11.3 Å². The second kappa shape index (κ2) is 8.00. The van der Waals surface area contributed by atoms with E-state index in [9.17, 15) is 9.59 Å². The fraction of sp³-hybridized carbons (Fsp3) is 0.182. The summed E-state index contributed by atoms with van der Waals surface area (Å²) >= 11 is 0. The summed E-state index contributed by atoms with van der Waals surface area (Å²) in [4.78, 5) is 23.2. The van der Waals surface area contributed by atoms with Gasteiger partial charge in [-0.05, 0) is 48.7 Å². The molecule has 1 amide bonds. The number of hydrogen-bond acceptors (Lipinski definition) is 4. The summed E-state index contributed by atoms with van der Waals surface area (Å²) < 4.78 is 10.9. The van der Waals surface area contributed by atoms with Crippen LogP contribution in [0, 0.1) is 6.92 Å². The highest BCUT2D eigenvalue weighted by molar-refractivity contribution is 5.97. The maximum Gasteiger partial charge on any atom is 0.335 e. The second-order valence-electron chi connectivity index (χ2n) is 6.51. The zero-order valence-electron chi connectivity index (χ0n) is 15.9. The Hall–Kier alpha value is -3.54. The number of amides is 1. The number of aromatic carboxylic acids is 1. The SMILES string of the molecule is COc1cc2occ(C)c2cc1/C(C)=C/C(=O)NCc1ccc(C(=O)O)cc1. The first-order valence-corrected chi connectivity index (χ1v) is 8.73. The Morgan fingerprint density at radius 3 is 2.57 bits per heavy atom. The van der Waals surface area contributed by atoms with Crippen LogP contribution in [0.1, 0.15) is 34.0 Å². The Labute approximate surface area is 162 Å². The minimum Gasteiger partial charge on any atom is -0.496 e. The fourth-order valence-corrected chi connectivity index (χ4v) is 2.94. The highest BCUT2D eigenvalue weighted by Gasteiger charge is 2.12. The lowest BCUT2D eigenvalue weighted by molar-refractivity contribution is -0.116. The second-order valence-corrected chi connectivity index (χ2v) is 6.51. The molecule has 0 atom stereocenters. The molecule has 2 N–H and O–H groups in total. The van der Waals surface area contributed by atoms with Crippen molar-refractivity contribution in [3.8, 4) is 5.75 Å². The van der Waals surface area contributed by atoms with E-state index in [1.165, 1.54) is 18.2 Å². The number of benzene rings is 2. The van der Waals surface area contributed by atoms with Crippen LogP contribution < -0.4 is 10.1 Å². The van der Waals surface area contributed by atoms with Gasteiger partial charge in [-0.2, -0.15) is 0 Å². The first kappa shape index (κ1) is 19.2. The molecule has 0 aliphatic rings. The third-order valence-electron chi connectivity index (χ3n) is 4.53. The number of hydrogen-bond donors (Lipinski definition) is 2. The van der Waals surface area contributed by atoms with Crippen molar-refractivity contribution < 1.29 is 23.8 Å². The lowest BCUT2D eigenvalue weighted by Gasteiger charge is -2.10. The lowest BCUT2D eigenvalue weighted by Crippen LogP contribution is -2.20. The molecular formula is C22H21NO5. The van der Waals surface area contributed by atoms with Crippen molar-refractivity contribution >= 4 is 28.4 Å². The van der Waals surface area contributed by atoms with Gasteiger partial charge in [0.2, 0.25) is 5.91 Å². The molecule has 6 nitrogen and oxygen atoms in total. The molecule has 3 rings (SSSR count). The molecule has 0 radical (unpaired) electrons. The monoisotopic (exact) mass is 379 g/mol. The average Bonchev–Trinajstić information content (AvgIpc) is 3.05. The third-order valence-corrected chi connectivity index (χ3v) is 4.53. The molecular weight excluding hydrogens is 358 g/mol. The number of carbonyl (C=O) groups excluding carboxylic acids is 1. The molecule has 0 fully saturated rings. The van der Waals surface area contributed by atoms with Gasteiger partial charge >= 0.3 is 5.97 Å². The van der Waals surface area contributed by atoms with E-state index < -0.39 is 5.97 Å². The summed E-state index contributed by atoms with van der Waals surface area (Å²) in [5.41, 5.74) is 4.36. The van der Waals surface area contributed by atoms with Crippen molar-refractivity contribution in [3.05, 3.63) is 71.0 Å². The number of furan rings is 1. The predicted molar refractivity (Wildman–Crippen MR) is 106 cm³/mol. The van der Waals surface area contributed by atoms with Crippen LogP contribution in [-0.2, 0) is 11.3 Å². The molecule has 0 unspecified atom stereocenters. The normalized spacial score (nSPS) is 11.5. The van der Waals surface area contributed by atoms with Crippen LogP contribution >= 0.6 is 0 Å². The van der Waals surface area contributed by atoms with Crippen molar-refractivity contribution in [3.63, 3.8) is 0 Å². The van der Waals surface area contributed by atoms with Crippen LogP contribution in [-0.4, -0.2) is 24.1 Å². The lowest BCUT2D eigenvalue weighted by atomic mass is 10.0. The van der Waals surface area contributed by atoms with Crippen LogP contribution in [0.4, 0.5) is 0 Å². The van der Waals surface area contributed by atoms with E-state index in [1.54, 1.807) is 25.5 Å². The van der Waals surface area contributed by atoms with E-state index in [0.717, 1.165) is 33.2 Å². The number of rotatable bonds is 6.